The van der Waals surface area contributed by atoms with Gasteiger partial charge in [-0.3, -0.25) is 14.5 Å². The number of pyridine rings is 1. The van der Waals surface area contributed by atoms with Crippen molar-refractivity contribution in [3.8, 4) is 0 Å². The summed E-state index contributed by atoms with van der Waals surface area (Å²) in [5.41, 5.74) is 0.111. The predicted molar refractivity (Wildman–Crippen MR) is 72.4 cm³/mol. The third-order valence-corrected chi connectivity index (χ3v) is 4.02. The van der Waals surface area contributed by atoms with E-state index in [9.17, 15) is 14.4 Å². The van der Waals surface area contributed by atoms with Crippen LogP contribution in [0.3, 0.4) is 0 Å². The average molecular weight is 294 g/mol. The van der Waals surface area contributed by atoms with Gasteiger partial charge >= 0.3 is 5.97 Å². The molecule has 1 atom stereocenters. The lowest BCUT2D eigenvalue weighted by Gasteiger charge is -2.18. The first kappa shape index (κ1) is 14.5. The van der Waals surface area contributed by atoms with Crippen LogP contribution in [0.15, 0.2) is 23.4 Å². The number of carbonyl (C=O) groups excluding carboxylic acids is 2. The van der Waals surface area contributed by atoms with Crippen molar-refractivity contribution in [3.63, 3.8) is 0 Å². The van der Waals surface area contributed by atoms with Crippen LogP contribution in [0.2, 0.25) is 0 Å². The van der Waals surface area contributed by atoms with Gasteiger partial charge in [0, 0.05) is 18.7 Å². The molecule has 0 radical (unpaired) electrons. The molecule has 2 heterocycles. The van der Waals surface area contributed by atoms with E-state index < -0.39 is 11.2 Å². The van der Waals surface area contributed by atoms with E-state index in [-0.39, 0.29) is 29.8 Å². The molecule has 1 saturated heterocycles. The minimum atomic E-state index is -1.05. The highest BCUT2D eigenvalue weighted by Gasteiger charge is 2.40. The molecule has 2 amide bonds. The van der Waals surface area contributed by atoms with Crippen LogP contribution in [0.25, 0.3) is 0 Å². The molecular formula is C13H14N2O4S. The van der Waals surface area contributed by atoms with Crippen molar-refractivity contribution in [1.82, 2.24) is 9.88 Å². The first-order chi connectivity index (χ1) is 9.40. The Morgan fingerprint density at radius 3 is 2.75 bits per heavy atom. The number of imide groups is 1. The molecule has 1 aromatic rings. The maximum atomic E-state index is 12.1. The molecular weight excluding hydrogens is 280 g/mol. The Kier molecular flexibility index (Phi) is 4.08. The van der Waals surface area contributed by atoms with Crippen molar-refractivity contribution in [2.24, 2.45) is 0 Å². The topological polar surface area (TPSA) is 87.6 Å². The van der Waals surface area contributed by atoms with Crippen LogP contribution in [0, 0.1) is 0 Å². The fourth-order valence-electron chi connectivity index (χ4n) is 2.01. The number of carboxylic acids is 1. The van der Waals surface area contributed by atoms with E-state index in [2.05, 4.69) is 4.98 Å². The highest BCUT2D eigenvalue weighted by molar-refractivity contribution is 8.00. The van der Waals surface area contributed by atoms with Gasteiger partial charge in [-0.1, -0.05) is 11.8 Å². The van der Waals surface area contributed by atoms with E-state index >= 15 is 0 Å². The van der Waals surface area contributed by atoms with E-state index in [4.69, 9.17) is 5.11 Å². The molecule has 106 valence electrons. The van der Waals surface area contributed by atoms with Gasteiger partial charge in [-0.05, 0) is 26.0 Å². The number of carboxylic acid groups (broad SMARTS) is 1. The normalized spacial score (nSPS) is 18.9. The highest BCUT2D eigenvalue weighted by atomic mass is 32.2. The summed E-state index contributed by atoms with van der Waals surface area (Å²) in [6, 6.07) is 2.62. The zero-order valence-electron chi connectivity index (χ0n) is 11.1. The molecule has 7 heteroatoms. The highest BCUT2D eigenvalue weighted by Crippen LogP contribution is 2.31. The van der Waals surface area contributed by atoms with Gasteiger partial charge in [0.25, 0.3) is 0 Å². The third-order valence-electron chi connectivity index (χ3n) is 2.90. The number of nitrogens with zero attached hydrogens (tertiary/aromatic N) is 2. The van der Waals surface area contributed by atoms with Crippen molar-refractivity contribution in [2.45, 2.75) is 36.6 Å². The number of rotatable bonds is 4. The largest absolute Gasteiger partial charge is 0.478 e. The second-order valence-corrected chi connectivity index (χ2v) is 5.92. The third kappa shape index (κ3) is 2.82. The summed E-state index contributed by atoms with van der Waals surface area (Å²) in [6.07, 6.45) is 1.51. The minimum absolute atomic E-state index is 0.111. The number of hydrogen-bond acceptors (Lipinski definition) is 5. The zero-order valence-corrected chi connectivity index (χ0v) is 11.9. The molecule has 2 rings (SSSR count). The molecule has 0 aromatic carbocycles. The van der Waals surface area contributed by atoms with E-state index in [1.165, 1.54) is 23.2 Å². The maximum Gasteiger partial charge on any atom is 0.335 e. The van der Waals surface area contributed by atoms with Crippen molar-refractivity contribution in [2.75, 3.05) is 0 Å². The Morgan fingerprint density at radius 2 is 2.20 bits per heavy atom. The molecule has 1 aliphatic heterocycles. The van der Waals surface area contributed by atoms with Crippen molar-refractivity contribution in [3.05, 3.63) is 23.9 Å². The van der Waals surface area contributed by atoms with Crippen LogP contribution >= 0.6 is 11.8 Å². The summed E-state index contributed by atoms with van der Waals surface area (Å²) in [6.45, 7) is 3.57. The quantitative estimate of drug-likeness (QED) is 0.845. The van der Waals surface area contributed by atoms with Crippen LogP contribution in [0.1, 0.15) is 30.6 Å². The lowest BCUT2D eigenvalue weighted by molar-refractivity contribution is -0.140. The molecule has 20 heavy (non-hydrogen) atoms. The smallest absolute Gasteiger partial charge is 0.335 e. The van der Waals surface area contributed by atoms with Gasteiger partial charge in [0.15, 0.2) is 0 Å². The van der Waals surface area contributed by atoms with Crippen LogP contribution in [-0.2, 0) is 9.59 Å². The van der Waals surface area contributed by atoms with Crippen LogP contribution in [0.5, 0.6) is 0 Å². The monoisotopic (exact) mass is 294 g/mol. The van der Waals surface area contributed by atoms with Gasteiger partial charge in [-0.25, -0.2) is 9.78 Å². The maximum absolute atomic E-state index is 12.1. The van der Waals surface area contributed by atoms with E-state index in [1.54, 1.807) is 13.8 Å². The first-order valence-corrected chi connectivity index (χ1v) is 7.00. The van der Waals surface area contributed by atoms with Gasteiger partial charge in [0.1, 0.15) is 0 Å². The van der Waals surface area contributed by atoms with E-state index in [1.807, 2.05) is 0 Å². The Balaban J connectivity index is 2.15. The second-order valence-electron chi connectivity index (χ2n) is 4.69. The van der Waals surface area contributed by atoms with Gasteiger partial charge in [0.05, 0.1) is 15.8 Å². The number of aromatic carboxylic acids is 1. The van der Waals surface area contributed by atoms with Crippen molar-refractivity contribution in [1.29, 1.82) is 0 Å². The Hall–Kier alpha value is -1.89. The SMILES string of the molecule is CC(C)N1C(=O)CC(Sc2cc(C(=O)O)ccn2)C1=O. The number of thioether (sulfide) groups is 1. The Labute approximate surface area is 120 Å². The summed E-state index contributed by atoms with van der Waals surface area (Å²) < 4.78 is 0. The van der Waals surface area contributed by atoms with Gasteiger partial charge < -0.3 is 5.11 Å². The number of likely N-dealkylation sites (tertiary alicyclic amines) is 1. The Morgan fingerprint density at radius 1 is 1.50 bits per heavy atom. The summed E-state index contributed by atoms with van der Waals surface area (Å²) in [5, 5.41) is 8.82. The molecule has 1 N–H and O–H groups in total. The molecule has 0 aliphatic carbocycles. The van der Waals surface area contributed by atoms with Crippen LogP contribution in [0.4, 0.5) is 0 Å². The minimum Gasteiger partial charge on any atom is -0.478 e. The molecule has 1 unspecified atom stereocenters. The number of hydrogen-bond donors (Lipinski definition) is 1. The van der Waals surface area contributed by atoms with Crippen molar-refractivity contribution < 1.29 is 19.5 Å². The molecule has 0 bridgehead atoms. The van der Waals surface area contributed by atoms with Gasteiger partial charge in [-0.15, -0.1) is 0 Å². The average Bonchev–Trinajstić information content (AvgIpc) is 2.64. The summed E-state index contributed by atoms with van der Waals surface area (Å²) in [4.78, 5) is 40.1. The molecule has 0 spiro atoms. The van der Waals surface area contributed by atoms with Crippen LogP contribution in [-0.4, -0.2) is 44.1 Å². The Bertz CT molecular complexity index is 573. The standard InChI is InChI=1S/C13H14N2O4S/c1-7(2)15-11(16)6-9(12(15)17)20-10-5-8(13(18)19)3-4-14-10/h3-5,7,9H,6H2,1-2H3,(H,18,19). The fraction of sp³-hybridized carbons (Fsp3) is 0.385. The molecule has 1 aromatic heterocycles. The summed E-state index contributed by atoms with van der Waals surface area (Å²) in [5.74, 6) is -1.48. The van der Waals surface area contributed by atoms with Crippen molar-refractivity contribution >= 4 is 29.5 Å². The lowest BCUT2D eigenvalue weighted by Crippen LogP contribution is -2.37. The summed E-state index contributed by atoms with van der Waals surface area (Å²) in [7, 11) is 0. The molecule has 0 saturated carbocycles. The summed E-state index contributed by atoms with van der Waals surface area (Å²) >= 11 is 1.13. The molecule has 1 fully saturated rings. The second kappa shape index (κ2) is 5.62. The van der Waals surface area contributed by atoms with Gasteiger partial charge in [0.2, 0.25) is 11.8 Å². The lowest BCUT2D eigenvalue weighted by atomic mass is 10.3. The fourth-order valence-corrected chi connectivity index (χ4v) is 3.06. The zero-order chi connectivity index (χ0) is 14.9. The van der Waals surface area contributed by atoms with Gasteiger partial charge in [-0.2, -0.15) is 0 Å². The first-order valence-electron chi connectivity index (χ1n) is 6.12. The van der Waals surface area contributed by atoms with E-state index in [0.717, 1.165) is 11.8 Å². The van der Waals surface area contributed by atoms with Crippen LogP contribution < -0.4 is 0 Å². The molecule has 6 nitrogen and oxygen atoms in total. The number of amides is 2. The van der Waals surface area contributed by atoms with E-state index in [0.29, 0.717) is 5.03 Å². The predicted octanol–water partition coefficient (Wildman–Crippen LogP) is 1.41. The molecule has 1 aliphatic rings. The number of carbonyl (C=O) groups is 3. The number of aromatic nitrogens is 1.